The first kappa shape index (κ1) is 21.5. The van der Waals surface area contributed by atoms with E-state index in [4.69, 9.17) is 23.2 Å². The molecule has 0 radical (unpaired) electrons. The van der Waals surface area contributed by atoms with E-state index in [0.29, 0.717) is 5.69 Å². The third-order valence-corrected chi connectivity index (χ3v) is 5.05. The van der Waals surface area contributed by atoms with Crippen molar-refractivity contribution in [3.05, 3.63) is 81.9 Å². The molecule has 2 heterocycles. The number of hydrogen-bond donors (Lipinski definition) is 0. The molecule has 0 bridgehead atoms. The molecule has 4 amide bonds. The molecular weight excluding hydrogens is 427 g/mol. The summed E-state index contributed by atoms with van der Waals surface area (Å²) in [6.45, 7) is 3.78. The van der Waals surface area contributed by atoms with Crippen LogP contribution in [0.3, 0.4) is 0 Å². The van der Waals surface area contributed by atoms with E-state index < -0.39 is 11.8 Å². The molecule has 0 spiro atoms. The summed E-state index contributed by atoms with van der Waals surface area (Å²) in [4.78, 5) is 48.0. The number of anilines is 2. The van der Waals surface area contributed by atoms with Gasteiger partial charge >= 0.3 is 0 Å². The monoisotopic (exact) mass is 442 g/mol. The van der Waals surface area contributed by atoms with E-state index in [1.807, 2.05) is 32.0 Å². The van der Waals surface area contributed by atoms with Gasteiger partial charge in [-0.15, -0.1) is 0 Å². The fraction of sp³-hybridized carbons (Fsp3) is 0.0909. The van der Waals surface area contributed by atoms with Gasteiger partial charge in [0.25, 0.3) is 23.6 Å². The molecule has 6 nitrogen and oxygen atoms in total. The third-order valence-electron chi connectivity index (χ3n) is 4.44. The molecule has 8 heteroatoms. The minimum atomic E-state index is -0.435. The van der Waals surface area contributed by atoms with Crippen LogP contribution in [0.2, 0.25) is 10.0 Å². The summed E-state index contributed by atoms with van der Waals surface area (Å²) in [6, 6.07) is 10.5. The van der Waals surface area contributed by atoms with Crippen molar-refractivity contribution in [1.29, 1.82) is 0 Å². The summed E-state index contributed by atoms with van der Waals surface area (Å²) in [5.41, 5.74) is 2.80. The first-order valence-electron chi connectivity index (χ1n) is 8.85. The Morgan fingerprint density at radius 1 is 0.567 bits per heavy atom. The maximum atomic E-state index is 11.5. The van der Waals surface area contributed by atoms with Crippen LogP contribution < -0.4 is 9.80 Å². The van der Waals surface area contributed by atoms with Crippen molar-refractivity contribution in [2.45, 2.75) is 13.8 Å². The summed E-state index contributed by atoms with van der Waals surface area (Å²) in [5.74, 6) is -1.40. The fourth-order valence-electron chi connectivity index (χ4n) is 3.10. The Balaban J connectivity index is 0.000000171. The number of imide groups is 2. The first-order valence-corrected chi connectivity index (χ1v) is 9.60. The lowest BCUT2D eigenvalue weighted by Gasteiger charge is -2.18. The number of aryl methyl sites for hydroxylation is 2. The van der Waals surface area contributed by atoms with Crippen LogP contribution in [0.15, 0.2) is 60.7 Å². The lowest BCUT2D eigenvalue weighted by molar-refractivity contribution is -0.121. The van der Waals surface area contributed by atoms with Crippen LogP contribution in [0.4, 0.5) is 11.4 Å². The molecule has 0 aliphatic carbocycles. The summed E-state index contributed by atoms with van der Waals surface area (Å²) in [5, 5.41) is 0.542. The molecular formula is C22H16Cl2N2O4. The standard InChI is InChI=1S/C12H11NO2.C10H5Cl2NO2/c1-8-4-3-5-9(2)12(8)13-10(14)6-7-11(13)15;11-6-2-1-3-7(12)10(6)13-8(14)4-5-9(13)15/h3-7H,1-2H3;1-5H. The van der Waals surface area contributed by atoms with E-state index in [1.54, 1.807) is 18.2 Å². The van der Waals surface area contributed by atoms with Gasteiger partial charge < -0.3 is 0 Å². The number of rotatable bonds is 2. The van der Waals surface area contributed by atoms with Gasteiger partial charge in [-0.2, -0.15) is 0 Å². The van der Waals surface area contributed by atoms with Crippen LogP contribution in [0.1, 0.15) is 11.1 Å². The molecule has 0 saturated carbocycles. The highest BCUT2D eigenvalue weighted by Gasteiger charge is 2.29. The third kappa shape index (κ3) is 4.06. The first-order chi connectivity index (χ1) is 14.2. The maximum absolute atomic E-state index is 11.5. The Morgan fingerprint density at radius 2 is 0.900 bits per heavy atom. The van der Waals surface area contributed by atoms with Crippen LogP contribution in [-0.2, 0) is 19.2 Å². The largest absolute Gasteiger partial charge is 0.269 e. The predicted molar refractivity (Wildman–Crippen MR) is 116 cm³/mol. The quantitative estimate of drug-likeness (QED) is 0.654. The molecule has 2 aromatic rings. The van der Waals surface area contributed by atoms with Gasteiger partial charge in [-0.05, 0) is 37.1 Å². The normalized spacial score (nSPS) is 15.2. The van der Waals surface area contributed by atoms with E-state index in [1.165, 1.54) is 29.2 Å². The van der Waals surface area contributed by atoms with Gasteiger partial charge in [-0.25, -0.2) is 9.80 Å². The second-order valence-electron chi connectivity index (χ2n) is 6.50. The molecule has 2 aliphatic rings. The van der Waals surface area contributed by atoms with Crippen molar-refractivity contribution in [3.8, 4) is 0 Å². The predicted octanol–water partition coefficient (Wildman–Crippen LogP) is 4.16. The Morgan fingerprint density at radius 3 is 1.30 bits per heavy atom. The molecule has 2 aromatic carbocycles. The highest BCUT2D eigenvalue weighted by molar-refractivity contribution is 6.43. The average molecular weight is 443 g/mol. The molecule has 0 fully saturated rings. The van der Waals surface area contributed by atoms with Crippen LogP contribution >= 0.6 is 23.2 Å². The summed E-state index contributed by atoms with van der Waals surface area (Å²) < 4.78 is 0. The number of benzene rings is 2. The number of nitrogens with zero attached hydrogens (tertiary/aromatic N) is 2. The van der Waals surface area contributed by atoms with Crippen molar-refractivity contribution in [2.75, 3.05) is 9.80 Å². The zero-order valence-corrected chi connectivity index (χ0v) is 17.6. The van der Waals surface area contributed by atoms with E-state index in [2.05, 4.69) is 0 Å². The number of hydrogen-bond acceptors (Lipinski definition) is 4. The number of halogens is 2. The van der Waals surface area contributed by atoms with E-state index in [0.717, 1.165) is 16.0 Å². The molecule has 4 rings (SSSR count). The van der Waals surface area contributed by atoms with Crippen molar-refractivity contribution < 1.29 is 19.2 Å². The van der Waals surface area contributed by atoms with Gasteiger partial charge in [-0.3, -0.25) is 19.2 Å². The second-order valence-corrected chi connectivity index (χ2v) is 7.32. The van der Waals surface area contributed by atoms with Crippen molar-refractivity contribution in [2.24, 2.45) is 0 Å². The zero-order valence-electron chi connectivity index (χ0n) is 16.1. The molecule has 0 unspecified atom stereocenters. The second kappa shape index (κ2) is 8.65. The molecule has 152 valence electrons. The van der Waals surface area contributed by atoms with Crippen molar-refractivity contribution in [1.82, 2.24) is 0 Å². The average Bonchev–Trinajstić information content (AvgIpc) is 3.19. The lowest BCUT2D eigenvalue weighted by Crippen LogP contribution is -2.30. The maximum Gasteiger partial charge on any atom is 0.258 e. The van der Waals surface area contributed by atoms with Crippen LogP contribution in [0.25, 0.3) is 0 Å². The van der Waals surface area contributed by atoms with Gasteiger partial charge in [0.2, 0.25) is 0 Å². The van der Waals surface area contributed by atoms with E-state index in [9.17, 15) is 19.2 Å². The van der Waals surface area contributed by atoms with Gasteiger partial charge in [0.05, 0.1) is 21.4 Å². The highest BCUT2D eigenvalue weighted by Crippen LogP contribution is 2.35. The van der Waals surface area contributed by atoms with Crippen molar-refractivity contribution >= 4 is 58.2 Å². The lowest BCUT2D eigenvalue weighted by atomic mass is 10.1. The number of carbonyl (C=O) groups is 4. The Hall–Kier alpha value is -3.22. The van der Waals surface area contributed by atoms with E-state index >= 15 is 0 Å². The Labute approximate surface area is 183 Å². The Kier molecular flexibility index (Phi) is 6.20. The van der Waals surface area contributed by atoms with Crippen LogP contribution in [0, 0.1) is 13.8 Å². The number of amides is 4. The zero-order chi connectivity index (χ0) is 22.0. The summed E-state index contributed by atoms with van der Waals surface area (Å²) in [6.07, 6.45) is 4.96. The van der Waals surface area contributed by atoms with Gasteiger partial charge in [0.15, 0.2) is 0 Å². The van der Waals surface area contributed by atoms with Crippen molar-refractivity contribution in [3.63, 3.8) is 0 Å². The Bertz CT molecular complexity index is 972. The van der Waals surface area contributed by atoms with Crippen LogP contribution in [-0.4, -0.2) is 23.6 Å². The summed E-state index contributed by atoms with van der Waals surface area (Å²) >= 11 is 11.8. The van der Waals surface area contributed by atoms with Gasteiger partial charge in [0, 0.05) is 24.3 Å². The van der Waals surface area contributed by atoms with Gasteiger partial charge in [0.1, 0.15) is 0 Å². The fourth-order valence-corrected chi connectivity index (χ4v) is 3.67. The highest BCUT2D eigenvalue weighted by atomic mass is 35.5. The summed E-state index contributed by atoms with van der Waals surface area (Å²) in [7, 11) is 0. The molecule has 0 N–H and O–H groups in total. The molecule has 30 heavy (non-hydrogen) atoms. The minimum absolute atomic E-state index is 0.237. The SMILES string of the molecule is Cc1cccc(C)c1N1C(=O)C=CC1=O.O=C1C=CC(=O)N1c1c(Cl)cccc1Cl. The van der Waals surface area contributed by atoms with E-state index in [-0.39, 0.29) is 27.5 Å². The molecule has 0 aromatic heterocycles. The molecule has 0 saturated heterocycles. The molecule has 0 atom stereocenters. The smallest absolute Gasteiger partial charge is 0.258 e. The van der Waals surface area contributed by atoms with Gasteiger partial charge in [-0.1, -0.05) is 47.5 Å². The number of carbonyl (C=O) groups excluding carboxylic acids is 4. The minimum Gasteiger partial charge on any atom is -0.269 e. The topological polar surface area (TPSA) is 74.8 Å². The number of para-hydroxylation sites is 2. The molecule has 2 aliphatic heterocycles. The van der Waals surface area contributed by atoms with Crippen LogP contribution in [0.5, 0.6) is 0 Å².